The summed E-state index contributed by atoms with van der Waals surface area (Å²) in [5.74, 6) is 1.16. The molecule has 0 bridgehead atoms. The second kappa shape index (κ2) is 13.5. The minimum Gasteiger partial charge on any atom is -0.491 e. The Labute approximate surface area is 241 Å². The van der Waals surface area contributed by atoms with Gasteiger partial charge < -0.3 is 10.1 Å². The Morgan fingerprint density at radius 2 is 1.63 bits per heavy atom. The molecule has 7 nitrogen and oxygen atoms in total. The molecule has 0 atom stereocenters. The van der Waals surface area contributed by atoms with E-state index in [0.29, 0.717) is 18.1 Å². The molecule has 0 unspecified atom stereocenters. The van der Waals surface area contributed by atoms with Crippen LogP contribution < -0.4 is 10.1 Å². The van der Waals surface area contributed by atoms with E-state index in [9.17, 15) is 4.79 Å². The summed E-state index contributed by atoms with van der Waals surface area (Å²) in [4.78, 5) is 13.3. The van der Waals surface area contributed by atoms with Crippen LogP contribution >= 0.6 is 0 Å². The third-order valence-electron chi connectivity index (χ3n) is 6.95. The monoisotopic (exact) mass is 545 g/mol. The smallest absolute Gasteiger partial charge is 0.228 e. The van der Waals surface area contributed by atoms with Crippen LogP contribution in [0.15, 0.2) is 91.0 Å². The molecule has 4 aromatic carbocycles. The normalized spacial score (nSPS) is 10.9. The highest BCUT2D eigenvalue weighted by molar-refractivity contribution is 5.95. The van der Waals surface area contributed by atoms with Gasteiger partial charge in [0.1, 0.15) is 5.75 Å². The zero-order valence-corrected chi connectivity index (χ0v) is 23.6. The van der Waals surface area contributed by atoms with E-state index in [2.05, 4.69) is 63.2 Å². The van der Waals surface area contributed by atoms with Gasteiger partial charge in [0, 0.05) is 5.56 Å². The van der Waals surface area contributed by atoms with Gasteiger partial charge in [0.2, 0.25) is 11.7 Å². The first kappa shape index (κ1) is 27.8. The molecular formula is C34H35N5O2. The van der Waals surface area contributed by atoms with E-state index in [-0.39, 0.29) is 12.3 Å². The van der Waals surface area contributed by atoms with E-state index in [1.807, 2.05) is 67.6 Å². The number of anilines is 1. The summed E-state index contributed by atoms with van der Waals surface area (Å²) < 4.78 is 6.33. The number of ether oxygens (including phenoxy) is 1. The molecule has 0 radical (unpaired) electrons. The van der Waals surface area contributed by atoms with Gasteiger partial charge in [-0.1, -0.05) is 91.3 Å². The Bertz CT molecular complexity index is 1570. The van der Waals surface area contributed by atoms with Crippen molar-refractivity contribution in [1.82, 2.24) is 20.6 Å². The highest BCUT2D eigenvalue weighted by atomic mass is 16.5. The van der Waals surface area contributed by atoms with Crippen LogP contribution in [0.25, 0.3) is 22.5 Å². The Hall–Kier alpha value is -4.78. The van der Waals surface area contributed by atoms with Crippen LogP contribution in [0.1, 0.15) is 42.0 Å². The summed E-state index contributed by atoms with van der Waals surface area (Å²) >= 11 is 0. The van der Waals surface area contributed by atoms with Gasteiger partial charge in [-0.3, -0.25) is 4.79 Å². The Morgan fingerprint density at radius 3 is 2.37 bits per heavy atom. The zero-order valence-electron chi connectivity index (χ0n) is 23.6. The summed E-state index contributed by atoms with van der Waals surface area (Å²) in [5.41, 5.74) is 7.92. The Morgan fingerprint density at radius 1 is 0.878 bits per heavy atom. The van der Waals surface area contributed by atoms with Gasteiger partial charge in [-0.15, -0.1) is 10.2 Å². The maximum Gasteiger partial charge on any atom is 0.228 e. The molecule has 41 heavy (non-hydrogen) atoms. The minimum atomic E-state index is -0.0889. The quantitative estimate of drug-likeness (QED) is 0.176. The molecule has 0 fully saturated rings. The number of H-pyrrole nitrogens is 1. The number of benzene rings is 4. The number of aryl methyl sites for hydroxylation is 3. The highest BCUT2D eigenvalue weighted by Gasteiger charge is 2.19. The average Bonchev–Trinajstić information content (AvgIpc) is 3.53. The fourth-order valence-corrected chi connectivity index (χ4v) is 4.92. The molecule has 0 saturated heterocycles. The molecule has 0 aliphatic carbocycles. The first-order chi connectivity index (χ1) is 20.1. The van der Waals surface area contributed by atoms with Crippen molar-refractivity contribution in [3.8, 4) is 28.3 Å². The molecule has 1 amide bonds. The van der Waals surface area contributed by atoms with Crippen molar-refractivity contribution in [3.05, 3.63) is 113 Å². The molecule has 5 aromatic rings. The van der Waals surface area contributed by atoms with Crippen molar-refractivity contribution in [1.29, 1.82) is 0 Å². The van der Waals surface area contributed by atoms with Gasteiger partial charge in [0.05, 0.1) is 18.7 Å². The van der Waals surface area contributed by atoms with Crippen LogP contribution in [-0.4, -0.2) is 33.1 Å². The van der Waals surface area contributed by atoms with Gasteiger partial charge in [0.15, 0.2) is 0 Å². The zero-order chi connectivity index (χ0) is 28.4. The first-order valence-corrected chi connectivity index (χ1v) is 14.1. The van der Waals surface area contributed by atoms with Gasteiger partial charge in [0.25, 0.3) is 0 Å². The minimum absolute atomic E-state index is 0.0889. The van der Waals surface area contributed by atoms with Gasteiger partial charge in [-0.2, -0.15) is 5.21 Å². The molecule has 2 N–H and O–H groups in total. The van der Waals surface area contributed by atoms with Gasteiger partial charge in [-0.25, -0.2) is 0 Å². The Balaban J connectivity index is 1.52. The van der Waals surface area contributed by atoms with Crippen molar-refractivity contribution >= 4 is 11.6 Å². The van der Waals surface area contributed by atoms with Crippen molar-refractivity contribution in [3.63, 3.8) is 0 Å². The lowest BCUT2D eigenvalue weighted by atomic mass is 9.94. The predicted molar refractivity (Wildman–Crippen MR) is 163 cm³/mol. The van der Waals surface area contributed by atoms with Crippen molar-refractivity contribution in [2.75, 3.05) is 11.9 Å². The number of aromatic nitrogens is 4. The summed E-state index contributed by atoms with van der Waals surface area (Å²) in [6, 6.07) is 30.7. The summed E-state index contributed by atoms with van der Waals surface area (Å²) in [6.45, 7) is 4.68. The second-order valence-corrected chi connectivity index (χ2v) is 10.2. The highest BCUT2D eigenvalue weighted by Crippen LogP contribution is 2.39. The number of carbonyl (C=O) groups is 1. The number of nitrogens with zero attached hydrogens (tertiary/aromatic N) is 3. The van der Waals surface area contributed by atoms with Crippen molar-refractivity contribution < 1.29 is 9.53 Å². The lowest BCUT2D eigenvalue weighted by molar-refractivity contribution is -0.115. The van der Waals surface area contributed by atoms with Gasteiger partial charge >= 0.3 is 0 Å². The summed E-state index contributed by atoms with van der Waals surface area (Å²) in [5, 5.41) is 17.9. The van der Waals surface area contributed by atoms with Crippen LogP contribution in [0.3, 0.4) is 0 Å². The fraction of sp³-hybridized carbons (Fsp3) is 0.235. The average molecular weight is 546 g/mol. The van der Waals surface area contributed by atoms with E-state index < -0.39 is 0 Å². The SMILES string of the molecule is CCCOc1c(CCCc2ccccc2)cc(-c2ccccc2-c2nn[nH]n2)cc1NC(=O)Cc1ccc(C)cc1. The molecule has 0 spiro atoms. The number of rotatable bonds is 12. The van der Waals surface area contributed by atoms with E-state index in [0.717, 1.165) is 64.8 Å². The first-order valence-electron chi connectivity index (χ1n) is 14.1. The van der Waals surface area contributed by atoms with Crippen LogP contribution in [0, 0.1) is 6.92 Å². The lowest BCUT2D eigenvalue weighted by Crippen LogP contribution is -2.16. The molecule has 208 valence electrons. The lowest BCUT2D eigenvalue weighted by Gasteiger charge is -2.19. The molecular weight excluding hydrogens is 510 g/mol. The molecule has 5 rings (SSSR count). The van der Waals surface area contributed by atoms with Crippen molar-refractivity contribution in [2.24, 2.45) is 0 Å². The summed E-state index contributed by atoms with van der Waals surface area (Å²) in [6.07, 6.45) is 3.84. The van der Waals surface area contributed by atoms with Crippen molar-refractivity contribution in [2.45, 2.75) is 46.0 Å². The molecule has 0 aliphatic rings. The third kappa shape index (κ3) is 7.25. The largest absolute Gasteiger partial charge is 0.491 e. The van der Waals surface area contributed by atoms with E-state index in [1.165, 1.54) is 5.56 Å². The maximum atomic E-state index is 13.3. The number of nitrogens with one attached hydrogen (secondary N) is 2. The van der Waals surface area contributed by atoms with Gasteiger partial charge in [-0.05, 0) is 77.8 Å². The Kier molecular flexibility index (Phi) is 9.16. The number of hydrogen-bond donors (Lipinski definition) is 2. The molecule has 1 aromatic heterocycles. The predicted octanol–water partition coefficient (Wildman–Crippen LogP) is 6.99. The van der Waals surface area contributed by atoms with Crippen LogP contribution in [-0.2, 0) is 24.1 Å². The maximum absolute atomic E-state index is 13.3. The number of hydrogen-bond acceptors (Lipinski definition) is 5. The number of carbonyl (C=O) groups excluding carboxylic acids is 1. The molecule has 1 heterocycles. The van der Waals surface area contributed by atoms with Crippen LogP contribution in [0.5, 0.6) is 5.75 Å². The number of tetrazole rings is 1. The number of amides is 1. The third-order valence-corrected chi connectivity index (χ3v) is 6.95. The van der Waals surface area contributed by atoms with Crippen LogP contribution in [0.2, 0.25) is 0 Å². The van der Waals surface area contributed by atoms with E-state index in [4.69, 9.17) is 4.74 Å². The van der Waals surface area contributed by atoms with E-state index in [1.54, 1.807) is 0 Å². The molecule has 0 aliphatic heterocycles. The topological polar surface area (TPSA) is 92.8 Å². The fourth-order valence-electron chi connectivity index (χ4n) is 4.92. The van der Waals surface area contributed by atoms with E-state index >= 15 is 0 Å². The standard InChI is InChI=1S/C34H35N5O2/c1-3-20-41-33-27(13-9-12-25-10-5-4-6-11-25)22-28(29-14-7-8-15-30(29)34-36-38-39-37-34)23-31(33)35-32(40)21-26-18-16-24(2)17-19-26/h4-8,10-11,14-19,22-23H,3,9,12-13,20-21H2,1-2H3,(H,35,40)(H,36,37,38,39). The number of aromatic amines is 1. The molecule has 0 saturated carbocycles. The second-order valence-electron chi connectivity index (χ2n) is 10.2. The van der Waals surface area contributed by atoms with Crippen LogP contribution in [0.4, 0.5) is 5.69 Å². The molecule has 7 heteroatoms. The summed E-state index contributed by atoms with van der Waals surface area (Å²) in [7, 11) is 0.